The minimum atomic E-state index is -3.95. The Morgan fingerprint density at radius 2 is 1.45 bits per heavy atom. The molecule has 0 heterocycles. The fourth-order valence-corrected chi connectivity index (χ4v) is 4.22. The lowest BCUT2D eigenvalue weighted by molar-refractivity contribution is -0.117. The monoisotopic (exact) mass is 418 g/mol. The molecule has 2 rings (SSSR count). The van der Waals surface area contributed by atoms with Crippen LogP contribution in [0.3, 0.4) is 0 Å². The van der Waals surface area contributed by atoms with Gasteiger partial charge in [0.05, 0.1) is 13.2 Å². The quantitative estimate of drug-likeness (QED) is 0.671. The van der Waals surface area contributed by atoms with Gasteiger partial charge in [0.1, 0.15) is 10.6 Å². The van der Waals surface area contributed by atoms with Gasteiger partial charge in [0, 0.05) is 5.69 Å². The molecule has 29 heavy (non-hydrogen) atoms. The maximum absolute atomic E-state index is 12.9. The van der Waals surface area contributed by atoms with E-state index >= 15 is 0 Å². The van der Waals surface area contributed by atoms with Crippen LogP contribution in [0.2, 0.25) is 0 Å². The van der Waals surface area contributed by atoms with Crippen LogP contribution < -0.4 is 14.8 Å². The molecular formula is C22H30N2O4S. The summed E-state index contributed by atoms with van der Waals surface area (Å²) < 4.78 is 33.5. The Morgan fingerprint density at radius 1 is 0.897 bits per heavy atom. The van der Waals surface area contributed by atoms with Crippen molar-refractivity contribution in [1.82, 2.24) is 4.72 Å². The van der Waals surface area contributed by atoms with Crippen molar-refractivity contribution >= 4 is 21.6 Å². The first-order valence-corrected chi connectivity index (χ1v) is 11.1. The zero-order valence-electron chi connectivity index (χ0n) is 17.8. The van der Waals surface area contributed by atoms with E-state index in [-0.39, 0.29) is 16.6 Å². The summed E-state index contributed by atoms with van der Waals surface area (Å²) in [5.74, 6) is 0.343. The molecule has 0 spiro atoms. The third-order valence-electron chi connectivity index (χ3n) is 4.71. The van der Waals surface area contributed by atoms with E-state index in [1.54, 1.807) is 12.1 Å². The highest BCUT2D eigenvalue weighted by Gasteiger charge is 2.26. The van der Waals surface area contributed by atoms with Crippen molar-refractivity contribution < 1.29 is 17.9 Å². The van der Waals surface area contributed by atoms with Crippen molar-refractivity contribution in [2.75, 3.05) is 12.4 Å². The Labute approximate surface area is 173 Å². The van der Waals surface area contributed by atoms with E-state index < -0.39 is 22.0 Å². The molecule has 158 valence electrons. The van der Waals surface area contributed by atoms with Crippen molar-refractivity contribution in [2.24, 2.45) is 0 Å². The molecule has 0 aliphatic heterocycles. The summed E-state index contributed by atoms with van der Waals surface area (Å²) in [5, 5.41) is 2.74. The molecule has 1 amide bonds. The minimum absolute atomic E-state index is 0.0205. The zero-order valence-corrected chi connectivity index (χ0v) is 18.6. The number of benzene rings is 2. The molecule has 0 aromatic heterocycles. The minimum Gasteiger partial charge on any atom is -0.495 e. The number of amides is 1. The predicted molar refractivity (Wildman–Crippen MR) is 116 cm³/mol. The van der Waals surface area contributed by atoms with Gasteiger partial charge < -0.3 is 10.1 Å². The van der Waals surface area contributed by atoms with E-state index in [2.05, 4.69) is 23.9 Å². The highest BCUT2D eigenvalue weighted by molar-refractivity contribution is 7.89. The molecule has 0 aliphatic rings. The second kappa shape index (κ2) is 9.41. The summed E-state index contributed by atoms with van der Waals surface area (Å²) >= 11 is 0. The molecule has 0 radical (unpaired) electrons. The van der Waals surface area contributed by atoms with Gasteiger partial charge in [-0.3, -0.25) is 4.79 Å². The van der Waals surface area contributed by atoms with E-state index in [1.165, 1.54) is 14.0 Å². The average Bonchev–Trinajstić information content (AvgIpc) is 2.67. The van der Waals surface area contributed by atoms with E-state index in [1.807, 2.05) is 44.2 Å². The molecule has 2 aromatic rings. The fraction of sp³-hybridized carbons (Fsp3) is 0.409. The Balaban J connectivity index is 2.17. The number of hydrogen-bond donors (Lipinski definition) is 2. The number of nitrogens with one attached hydrogen (secondary N) is 2. The Morgan fingerprint density at radius 3 is 1.97 bits per heavy atom. The van der Waals surface area contributed by atoms with Gasteiger partial charge in [-0.15, -0.1) is 0 Å². The molecule has 0 fully saturated rings. The summed E-state index contributed by atoms with van der Waals surface area (Å²) in [5.41, 5.74) is 2.65. The van der Waals surface area contributed by atoms with Gasteiger partial charge in [0.15, 0.2) is 0 Å². The molecule has 0 saturated carbocycles. The number of methoxy groups -OCH3 is 1. The second-order valence-electron chi connectivity index (χ2n) is 7.67. The third kappa shape index (κ3) is 5.81. The van der Waals surface area contributed by atoms with Crippen molar-refractivity contribution in [2.45, 2.75) is 57.4 Å². The number of sulfonamides is 1. The fourth-order valence-electron chi connectivity index (χ4n) is 2.81. The molecular weight excluding hydrogens is 388 g/mol. The number of carbonyl (C=O) groups excluding carboxylic acids is 1. The van der Waals surface area contributed by atoms with Crippen LogP contribution in [0.25, 0.3) is 0 Å². The second-order valence-corrected chi connectivity index (χ2v) is 9.36. The normalized spacial score (nSPS) is 12.8. The zero-order chi connectivity index (χ0) is 21.8. The van der Waals surface area contributed by atoms with Gasteiger partial charge in [0.2, 0.25) is 15.9 Å². The Bertz CT molecular complexity index is 951. The van der Waals surface area contributed by atoms with Gasteiger partial charge in [-0.2, -0.15) is 4.72 Å². The van der Waals surface area contributed by atoms with Crippen molar-refractivity contribution in [3.63, 3.8) is 0 Å². The predicted octanol–water partition coefficient (Wildman–Crippen LogP) is 4.25. The van der Waals surface area contributed by atoms with E-state index in [0.717, 1.165) is 11.1 Å². The van der Waals surface area contributed by atoms with E-state index in [0.29, 0.717) is 11.6 Å². The summed E-state index contributed by atoms with van der Waals surface area (Å²) in [4.78, 5) is 12.5. The van der Waals surface area contributed by atoms with Crippen molar-refractivity contribution in [1.29, 1.82) is 0 Å². The molecule has 2 N–H and O–H groups in total. The summed E-state index contributed by atoms with van der Waals surface area (Å²) in [6, 6.07) is 11.6. The Kier molecular flexibility index (Phi) is 7.43. The number of ether oxygens (including phenoxy) is 1. The van der Waals surface area contributed by atoms with E-state index in [9.17, 15) is 13.2 Å². The number of rotatable bonds is 8. The molecule has 1 unspecified atom stereocenters. The lowest BCUT2D eigenvalue weighted by Crippen LogP contribution is -2.41. The van der Waals surface area contributed by atoms with Gasteiger partial charge in [-0.1, -0.05) is 45.9 Å². The van der Waals surface area contributed by atoms with Crippen LogP contribution in [0.1, 0.15) is 57.6 Å². The highest BCUT2D eigenvalue weighted by Crippen LogP contribution is 2.28. The lowest BCUT2D eigenvalue weighted by Gasteiger charge is -2.17. The van der Waals surface area contributed by atoms with Gasteiger partial charge in [0.25, 0.3) is 0 Å². The molecule has 0 saturated heterocycles. The SMILES string of the molecule is COc1ccc(C(C)C)cc1S(=O)(=O)NC(C)C(=O)Nc1ccc(C(C)C)cc1. The summed E-state index contributed by atoms with van der Waals surface area (Å²) in [6.07, 6.45) is 0. The first kappa shape index (κ1) is 22.9. The average molecular weight is 419 g/mol. The molecule has 0 aliphatic carbocycles. The number of carbonyl (C=O) groups is 1. The van der Waals surface area contributed by atoms with Gasteiger partial charge in [-0.25, -0.2) is 8.42 Å². The largest absolute Gasteiger partial charge is 0.495 e. The lowest BCUT2D eigenvalue weighted by atomic mass is 10.0. The van der Waals surface area contributed by atoms with Gasteiger partial charge >= 0.3 is 0 Å². The summed E-state index contributed by atoms with van der Waals surface area (Å²) in [6.45, 7) is 9.65. The van der Waals surface area contributed by atoms with Crippen LogP contribution in [-0.4, -0.2) is 27.5 Å². The Hall–Kier alpha value is -2.38. The molecule has 1 atom stereocenters. The molecule has 0 bridgehead atoms. The van der Waals surface area contributed by atoms with Crippen LogP contribution in [-0.2, 0) is 14.8 Å². The van der Waals surface area contributed by atoms with Crippen LogP contribution in [0.5, 0.6) is 5.75 Å². The third-order valence-corrected chi connectivity index (χ3v) is 6.28. The molecule has 2 aromatic carbocycles. The van der Waals surface area contributed by atoms with Crippen LogP contribution in [0.4, 0.5) is 5.69 Å². The van der Waals surface area contributed by atoms with Crippen molar-refractivity contribution in [3.8, 4) is 5.75 Å². The summed E-state index contributed by atoms with van der Waals surface area (Å²) in [7, 11) is -2.53. The molecule has 6 nitrogen and oxygen atoms in total. The maximum atomic E-state index is 12.9. The van der Waals surface area contributed by atoms with E-state index in [4.69, 9.17) is 4.74 Å². The smallest absolute Gasteiger partial charge is 0.244 e. The first-order chi connectivity index (χ1) is 13.5. The van der Waals surface area contributed by atoms with Crippen molar-refractivity contribution in [3.05, 3.63) is 53.6 Å². The first-order valence-electron chi connectivity index (χ1n) is 9.66. The topological polar surface area (TPSA) is 84.5 Å². The van der Waals surface area contributed by atoms with Crippen LogP contribution >= 0.6 is 0 Å². The van der Waals surface area contributed by atoms with Crippen LogP contribution in [0.15, 0.2) is 47.4 Å². The number of hydrogen-bond acceptors (Lipinski definition) is 4. The molecule has 7 heteroatoms. The van der Waals surface area contributed by atoms with Gasteiger partial charge in [-0.05, 0) is 54.2 Å². The van der Waals surface area contributed by atoms with Crippen LogP contribution in [0, 0.1) is 0 Å². The standard InChI is InChI=1S/C22H30N2O4S/c1-14(2)17-7-10-19(11-8-17)23-22(25)16(5)24-29(26,27)21-13-18(15(3)4)9-12-20(21)28-6/h7-16,24H,1-6H3,(H,23,25). The number of anilines is 1. The highest BCUT2D eigenvalue weighted by atomic mass is 32.2. The maximum Gasteiger partial charge on any atom is 0.244 e.